The van der Waals surface area contributed by atoms with E-state index in [2.05, 4.69) is 29.1 Å². The number of guanidine groups is 1. The van der Waals surface area contributed by atoms with E-state index in [0.717, 1.165) is 63.5 Å². The molecular weight excluding hydrogens is 393 g/mol. The number of likely N-dealkylation sites (tertiary alicyclic amines) is 1. The number of nitrogens with zero attached hydrogens (tertiary/aromatic N) is 2. The first-order valence-corrected chi connectivity index (χ1v) is 8.17. The van der Waals surface area contributed by atoms with E-state index >= 15 is 0 Å². The number of nitrogens with one attached hydrogen (secondary N) is 1. The molecule has 5 nitrogen and oxygen atoms in total. The Morgan fingerprint density at radius 1 is 1.27 bits per heavy atom. The second-order valence-corrected chi connectivity index (χ2v) is 6.75. The highest BCUT2D eigenvalue weighted by Gasteiger charge is 2.33. The predicted molar refractivity (Wildman–Crippen MR) is 101 cm³/mol. The predicted octanol–water partition coefficient (Wildman–Crippen LogP) is 2.35. The van der Waals surface area contributed by atoms with Crippen molar-refractivity contribution in [3.8, 4) is 0 Å². The second-order valence-electron chi connectivity index (χ2n) is 6.75. The molecule has 0 radical (unpaired) electrons. The summed E-state index contributed by atoms with van der Waals surface area (Å²) in [5, 5.41) is 3.54. The summed E-state index contributed by atoms with van der Waals surface area (Å²) in [6.45, 7) is 9.20. The van der Waals surface area contributed by atoms with Crippen LogP contribution in [0.1, 0.15) is 33.1 Å². The number of methoxy groups -OCH3 is 1. The van der Waals surface area contributed by atoms with Gasteiger partial charge in [0.2, 0.25) is 0 Å². The van der Waals surface area contributed by atoms with E-state index in [1.54, 1.807) is 7.11 Å². The first-order chi connectivity index (χ1) is 10.1. The largest absolute Gasteiger partial charge is 0.381 e. The van der Waals surface area contributed by atoms with Crippen LogP contribution in [0.4, 0.5) is 0 Å². The van der Waals surface area contributed by atoms with Gasteiger partial charge in [0.05, 0.1) is 5.60 Å². The van der Waals surface area contributed by atoms with E-state index < -0.39 is 0 Å². The maximum Gasteiger partial charge on any atom is 0.193 e. The van der Waals surface area contributed by atoms with Gasteiger partial charge < -0.3 is 19.7 Å². The van der Waals surface area contributed by atoms with Gasteiger partial charge in [-0.25, -0.2) is 0 Å². The molecule has 0 aromatic carbocycles. The van der Waals surface area contributed by atoms with Crippen molar-refractivity contribution >= 4 is 29.9 Å². The molecule has 0 saturated carbocycles. The monoisotopic (exact) mass is 425 g/mol. The van der Waals surface area contributed by atoms with E-state index in [9.17, 15) is 0 Å². The standard InChI is InChI=1S/C16H31N3O2.HI/c1-13-9-14(2)11-19(10-13)15(17-3)18-12-16(20-4)5-7-21-8-6-16;/h13-14H,5-12H2,1-4H3,(H,17,18);1H. The summed E-state index contributed by atoms with van der Waals surface area (Å²) in [5.74, 6) is 2.47. The Balaban J connectivity index is 0.00000242. The Morgan fingerprint density at radius 3 is 2.36 bits per heavy atom. The zero-order chi connectivity index (χ0) is 15.3. The van der Waals surface area contributed by atoms with Gasteiger partial charge in [-0.1, -0.05) is 13.8 Å². The number of halogens is 1. The zero-order valence-corrected chi connectivity index (χ0v) is 16.8. The number of aliphatic imine (C=N–C) groups is 1. The van der Waals surface area contributed by atoms with Crippen LogP contribution >= 0.6 is 24.0 Å². The number of piperidine rings is 1. The highest BCUT2D eigenvalue weighted by Crippen LogP contribution is 2.24. The number of ether oxygens (including phenoxy) is 2. The Bertz CT molecular complexity index is 349. The van der Waals surface area contributed by atoms with Gasteiger partial charge in [0.15, 0.2) is 5.96 Å². The molecule has 2 unspecified atom stereocenters. The minimum Gasteiger partial charge on any atom is -0.381 e. The van der Waals surface area contributed by atoms with Crippen molar-refractivity contribution in [1.82, 2.24) is 10.2 Å². The average molecular weight is 425 g/mol. The van der Waals surface area contributed by atoms with Crippen LogP contribution in [0.3, 0.4) is 0 Å². The Morgan fingerprint density at radius 2 is 1.86 bits per heavy atom. The molecule has 130 valence electrons. The smallest absolute Gasteiger partial charge is 0.193 e. The number of hydrogen-bond donors (Lipinski definition) is 1. The first kappa shape index (κ1) is 20.0. The lowest BCUT2D eigenvalue weighted by molar-refractivity contribution is -0.0858. The molecule has 0 aromatic heterocycles. The molecule has 0 bridgehead atoms. The lowest BCUT2D eigenvalue weighted by Gasteiger charge is -2.40. The van der Waals surface area contributed by atoms with Crippen molar-refractivity contribution in [2.75, 3.05) is 47.0 Å². The summed E-state index contributed by atoms with van der Waals surface area (Å²) in [4.78, 5) is 6.87. The normalized spacial score (nSPS) is 28.9. The molecule has 2 rings (SSSR count). The molecule has 6 heteroatoms. The lowest BCUT2D eigenvalue weighted by atomic mass is 9.92. The average Bonchev–Trinajstić information content (AvgIpc) is 2.48. The zero-order valence-electron chi connectivity index (χ0n) is 14.4. The van der Waals surface area contributed by atoms with Gasteiger partial charge in [0.1, 0.15) is 0 Å². The SMILES string of the molecule is CN=C(NCC1(OC)CCOCC1)N1CC(C)CC(C)C1.I. The van der Waals surface area contributed by atoms with E-state index in [4.69, 9.17) is 9.47 Å². The molecule has 22 heavy (non-hydrogen) atoms. The highest BCUT2D eigenvalue weighted by molar-refractivity contribution is 14.0. The lowest BCUT2D eigenvalue weighted by Crippen LogP contribution is -2.54. The summed E-state index contributed by atoms with van der Waals surface area (Å²) in [6, 6.07) is 0. The van der Waals surface area contributed by atoms with Gasteiger partial charge in [0, 0.05) is 59.8 Å². The van der Waals surface area contributed by atoms with Crippen molar-refractivity contribution in [3.63, 3.8) is 0 Å². The van der Waals surface area contributed by atoms with Crippen LogP contribution in [0, 0.1) is 11.8 Å². The fourth-order valence-corrected chi connectivity index (χ4v) is 3.60. The van der Waals surface area contributed by atoms with Crippen LogP contribution < -0.4 is 5.32 Å². The minimum atomic E-state index is -0.110. The third-order valence-electron chi connectivity index (χ3n) is 4.79. The van der Waals surface area contributed by atoms with Crippen molar-refractivity contribution < 1.29 is 9.47 Å². The molecule has 2 heterocycles. The Hall–Kier alpha value is -0.0800. The molecule has 0 aliphatic carbocycles. The third-order valence-corrected chi connectivity index (χ3v) is 4.79. The van der Waals surface area contributed by atoms with E-state index in [-0.39, 0.29) is 29.6 Å². The van der Waals surface area contributed by atoms with Crippen molar-refractivity contribution in [2.45, 2.75) is 38.7 Å². The summed E-state index contributed by atoms with van der Waals surface area (Å²) in [7, 11) is 3.68. The van der Waals surface area contributed by atoms with Crippen LogP contribution in [0.2, 0.25) is 0 Å². The minimum absolute atomic E-state index is 0. The summed E-state index contributed by atoms with van der Waals surface area (Å²) < 4.78 is 11.2. The molecule has 0 spiro atoms. The molecule has 2 aliphatic heterocycles. The van der Waals surface area contributed by atoms with Gasteiger partial charge in [-0.2, -0.15) is 0 Å². The van der Waals surface area contributed by atoms with Crippen LogP contribution in [0.15, 0.2) is 4.99 Å². The van der Waals surface area contributed by atoms with Crippen LogP contribution in [0.25, 0.3) is 0 Å². The fourth-order valence-electron chi connectivity index (χ4n) is 3.60. The third kappa shape index (κ3) is 5.23. The molecule has 2 aliphatic rings. The van der Waals surface area contributed by atoms with Gasteiger partial charge in [0.25, 0.3) is 0 Å². The van der Waals surface area contributed by atoms with Crippen molar-refractivity contribution in [2.24, 2.45) is 16.8 Å². The van der Waals surface area contributed by atoms with Gasteiger partial charge in [-0.15, -0.1) is 24.0 Å². The molecular formula is C16H32IN3O2. The summed E-state index contributed by atoms with van der Waals surface area (Å²) in [5.41, 5.74) is -0.110. The van der Waals surface area contributed by atoms with Crippen LogP contribution in [-0.2, 0) is 9.47 Å². The van der Waals surface area contributed by atoms with Crippen LogP contribution in [-0.4, -0.2) is 63.5 Å². The Labute approximate surface area is 152 Å². The topological polar surface area (TPSA) is 46.1 Å². The van der Waals surface area contributed by atoms with Crippen molar-refractivity contribution in [1.29, 1.82) is 0 Å². The maximum absolute atomic E-state index is 5.79. The fraction of sp³-hybridized carbons (Fsp3) is 0.938. The van der Waals surface area contributed by atoms with Gasteiger partial charge in [-0.05, 0) is 18.3 Å². The van der Waals surface area contributed by atoms with E-state index in [1.807, 2.05) is 7.05 Å². The first-order valence-electron chi connectivity index (χ1n) is 8.17. The summed E-state index contributed by atoms with van der Waals surface area (Å²) >= 11 is 0. The molecule has 0 amide bonds. The molecule has 2 saturated heterocycles. The quantitative estimate of drug-likeness (QED) is 0.429. The van der Waals surface area contributed by atoms with Gasteiger partial charge >= 0.3 is 0 Å². The summed E-state index contributed by atoms with van der Waals surface area (Å²) in [6.07, 6.45) is 3.20. The molecule has 2 fully saturated rings. The van der Waals surface area contributed by atoms with E-state index in [1.165, 1.54) is 6.42 Å². The Kier molecular flexibility index (Phi) is 8.42. The maximum atomic E-state index is 5.79. The number of rotatable bonds is 3. The second kappa shape index (κ2) is 9.27. The molecule has 1 N–H and O–H groups in total. The number of hydrogen-bond acceptors (Lipinski definition) is 3. The molecule has 2 atom stereocenters. The molecule has 0 aromatic rings. The highest BCUT2D eigenvalue weighted by atomic mass is 127. The van der Waals surface area contributed by atoms with Gasteiger partial charge in [-0.3, -0.25) is 4.99 Å². The van der Waals surface area contributed by atoms with Crippen molar-refractivity contribution in [3.05, 3.63) is 0 Å². The van der Waals surface area contributed by atoms with Crippen LogP contribution in [0.5, 0.6) is 0 Å². The van der Waals surface area contributed by atoms with E-state index in [0.29, 0.717) is 0 Å².